The summed E-state index contributed by atoms with van der Waals surface area (Å²) in [7, 11) is -3.51. The van der Waals surface area contributed by atoms with Crippen molar-refractivity contribution in [2.24, 2.45) is 0 Å². The van der Waals surface area contributed by atoms with Crippen LogP contribution < -0.4 is 4.72 Å². The molecule has 3 rings (SSSR count). The van der Waals surface area contributed by atoms with E-state index in [2.05, 4.69) is 14.9 Å². The number of hydrogen-bond acceptors (Lipinski definition) is 5. The van der Waals surface area contributed by atoms with E-state index in [0.29, 0.717) is 11.4 Å². The number of nitrogens with one attached hydrogen (secondary N) is 1. The first-order valence-electron chi connectivity index (χ1n) is 7.11. The van der Waals surface area contributed by atoms with Crippen LogP contribution in [0.5, 0.6) is 0 Å². The van der Waals surface area contributed by atoms with Crippen molar-refractivity contribution in [1.29, 1.82) is 0 Å². The standard InChI is InChI=1S/C16H14ClN3O2S2.ClH/c17-14-8-6-12(7-9-14)10-15-18-19-16(23-15)20-24(21,22)11-13-4-2-1-3-5-13;/h1-9H,10-11H2,(H,19,20);1H. The summed E-state index contributed by atoms with van der Waals surface area (Å²) in [6, 6.07) is 16.4. The van der Waals surface area contributed by atoms with Gasteiger partial charge >= 0.3 is 0 Å². The van der Waals surface area contributed by atoms with Crippen LogP contribution >= 0.6 is 35.3 Å². The highest BCUT2D eigenvalue weighted by molar-refractivity contribution is 7.92. The van der Waals surface area contributed by atoms with Crippen molar-refractivity contribution in [3.05, 3.63) is 75.8 Å². The Morgan fingerprint density at radius 1 is 0.960 bits per heavy atom. The summed E-state index contributed by atoms with van der Waals surface area (Å²) in [6.07, 6.45) is 0.579. The molecule has 1 heterocycles. The average molecular weight is 416 g/mol. The minimum atomic E-state index is -3.51. The lowest BCUT2D eigenvalue weighted by molar-refractivity contribution is 0.600. The maximum Gasteiger partial charge on any atom is 0.238 e. The fourth-order valence-corrected chi connectivity index (χ4v) is 4.42. The lowest BCUT2D eigenvalue weighted by Gasteiger charge is -2.04. The second-order valence-electron chi connectivity index (χ2n) is 5.15. The molecule has 0 unspecified atom stereocenters. The van der Waals surface area contributed by atoms with Crippen LogP contribution in [0.2, 0.25) is 5.02 Å². The first-order chi connectivity index (χ1) is 11.5. The van der Waals surface area contributed by atoms with Gasteiger partial charge in [0.15, 0.2) is 0 Å². The van der Waals surface area contributed by atoms with E-state index in [-0.39, 0.29) is 23.3 Å². The SMILES string of the molecule is Cl.O=S(=O)(Cc1ccccc1)Nc1nnc(Cc2ccc(Cl)cc2)s1. The van der Waals surface area contributed by atoms with Crippen LogP contribution in [0.4, 0.5) is 5.13 Å². The van der Waals surface area contributed by atoms with Gasteiger partial charge in [-0.05, 0) is 23.3 Å². The summed E-state index contributed by atoms with van der Waals surface area (Å²) < 4.78 is 26.9. The van der Waals surface area contributed by atoms with Gasteiger partial charge in [-0.15, -0.1) is 22.6 Å². The van der Waals surface area contributed by atoms with Gasteiger partial charge in [-0.25, -0.2) is 8.42 Å². The number of aromatic nitrogens is 2. The zero-order chi connectivity index (χ0) is 17.0. The molecule has 1 aromatic heterocycles. The fraction of sp³-hybridized carbons (Fsp3) is 0.125. The summed E-state index contributed by atoms with van der Waals surface area (Å²) in [5.74, 6) is -0.0973. The Morgan fingerprint density at radius 2 is 1.64 bits per heavy atom. The van der Waals surface area contributed by atoms with Gasteiger partial charge in [0.2, 0.25) is 15.2 Å². The normalized spacial score (nSPS) is 10.9. The van der Waals surface area contributed by atoms with Crippen LogP contribution in [-0.4, -0.2) is 18.6 Å². The van der Waals surface area contributed by atoms with E-state index >= 15 is 0 Å². The quantitative estimate of drug-likeness (QED) is 0.656. The predicted molar refractivity (Wildman–Crippen MR) is 104 cm³/mol. The van der Waals surface area contributed by atoms with Crippen LogP contribution in [0.3, 0.4) is 0 Å². The van der Waals surface area contributed by atoms with Crippen molar-refractivity contribution in [1.82, 2.24) is 10.2 Å². The van der Waals surface area contributed by atoms with E-state index < -0.39 is 10.0 Å². The van der Waals surface area contributed by atoms with Crippen molar-refractivity contribution in [2.45, 2.75) is 12.2 Å². The van der Waals surface area contributed by atoms with Gasteiger partial charge in [0.05, 0.1) is 5.75 Å². The molecule has 0 bridgehead atoms. The lowest BCUT2D eigenvalue weighted by atomic mass is 10.2. The molecule has 0 atom stereocenters. The molecule has 1 N–H and O–H groups in total. The lowest BCUT2D eigenvalue weighted by Crippen LogP contribution is -2.14. The van der Waals surface area contributed by atoms with E-state index in [1.54, 1.807) is 36.4 Å². The number of anilines is 1. The summed E-state index contributed by atoms with van der Waals surface area (Å²) >= 11 is 7.08. The molecule has 0 aliphatic rings. The van der Waals surface area contributed by atoms with Crippen LogP contribution in [0.15, 0.2) is 54.6 Å². The number of rotatable bonds is 6. The van der Waals surface area contributed by atoms with Crippen molar-refractivity contribution >= 4 is 50.5 Å². The Balaban J connectivity index is 0.00000225. The molecule has 0 aliphatic heterocycles. The van der Waals surface area contributed by atoms with Gasteiger partial charge in [0.1, 0.15) is 5.01 Å². The van der Waals surface area contributed by atoms with Crippen molar-refractivity contribution in [3.8, 4) is 0 Å². The molecule has 3 aromatic rings. The Hall–Kier alpha value is -1.67. The van der Waals surface area contributed by atoms with Gasteiger partial charge in [0, 0.05) is 11.4 Å². The maximum absolute atomic E-state index is 12.2. The molecule has 0 saturated carbocycles. The Labute approximate surface area is 161 Å². The highest BCUT2D eigenvalue weighted by Gasteiger charge is 2.15. The molecule has 5 nitrogen and oxygen atoms in total. The number of benzene rings is 2. The smallest absolute Gasteiger partial charge is 0.238 e. The molecule has 9 heteroatoms. The average Bonchev–Trinajstić information content (AvgIpc) is 2.96. The fourth-order valence-electron chi connectivity index (χ4n) is 2.11. The molecule has 0 amide bonds. The maximum atomic E-state index is 12.2. The highest BCUT2D eigenvalue weighted by Crippen LogP contribution is 2.21. The van der Waals surface area contributed by atoms with Gasteiger partial charge in [-0.3, -0.25) is 4.72 Å². The van der Waals surface area contributed by atoms with Gasteiger partial charge in [0.25, 0.3) is 0 Å². The molecule has 2 aromatic carbocycles. The van der Waals surface area contributed by atoms with Crippen LogP contribution in [-0.2, 0) is 22.2 Å². The first kappa shape index (κ1) is 19.7. The van der Waals surface area contributed by atoms with Crippen LogP contribution in [0.1, 0.15) is 16.1 Å². The third-order valence-electron chi connectivity index (χ3n) is 3.18. The van der Waals surface area contributed by atoms with Crippen LogP contribution in [0, 0.1) is 0 Å². The summed E-state index contributed by atoms with van der Waals surface area (Å²) in [5.41, 5.74) is 1.75. The molecule has 0 spiro atoms. The van der Waals surface area contributed by atoms with E-state index in [1.165, 1.54) is 11.3 Å². The largest absolute Gasteiger partial charge is 0.257 e. The van der Waals surface area contributed by atoms with Gasteiger partial charge < -0.3 is 0 Å². The number of nitrogens with zero attached hydrogens (tertiary/aromatic N) is 2. The van der Waals surface area contributed by atoms with E-state index in [0.717, 1.165) is 16.1 Å². The minimum absolute atomic E-state index is 0. The van der Waals surface area contributed by atoms with E-state index in [1.807, 2.05) is 18.2 Å². The summed E-state index contributed by atoms with van der Waals surface area (Å²) in [4.78, 5) is 0. The van der Waals surface area contributed by atoms with Gasteiger partial charge in [-0.2, -0.15) is 0 Å². The Bertz CT molecular complexity index is 914. The zero-order valence-electron chi connectivity index (χ0n) is 12.9. The van der Waals surface area contributed by atoms with Crippen molar-refractivity contribution in [3.63, 3.8) is 0 Å². The second-order valence-corrected chi connectivity index (χ2v) is 8.37. The van der Waals surface area contributed by atoms with E-state index in [9.17, 15) is 8.42 Å². The number of halogens is 2. The molecular weight excluding hydrogens is 401 g/mol. The molecule has 0 aliphatic carbocycles. The third-order valence-corrected chi connectivity index (χ3v) is 5.62. The molecule has 25 heavy (non-hydrogen) atoms. The minimum Gasteiger partial charge on any atom is -0.257 e. The van der Waals surface area contributed by atoms with E-state index in [4.69, 9.17) is 11.6 Å². The molecule has 0 fully saturated rings. The second kappa shape index (κ2) is 8.62. The predicted octanol–water partition coefficient (Wildman–Crippen LogP) is 4.15. The third kappa shape index (κ3) is 5.97. The Morgan fingerprint density at radius 3 is 2.32 bits per heavy atom. The molecule has 0 saturated heterocycles. The molecule has 0 radical (unpaired) electrons. The monoisotopic (exact) mass is 415 g/mol. The summed E-state index contributed by atoms with van der Waals surface area (Å²) in [6.45, 7) is 0. The number of hydrogen-bond donors (Lipinski definition) is 1. The van der Waals surface area contributed by atoms with Crippen molar-refractivity contribution < 1.29 is 8.42 Å². The zero-order valence-corrected chi connectivity index (χ0v) is 16.1. The van der Waals surface area contributed by atoms with Gasteiger partial charge in [-0.1, -0.05) is 65.4 Å². The first-order valence-corrected chi connectivity index (χ1v) is 9.96. The topological polar surface area (TPSA) is 72.0 Å². The summed E-state index contributed by atoms with van der Waals surface area (Å²) in [5, 5.41) is 9.62. The molecule has 132 valence electrons. The van der Waals surface area contributed by atoms with Crippen LogP contribution in [0.25, 0.3) is 0 Å². The number of sulfonamides is 1. The van der Waals surface area contributed by atoms with Crippen molar-refractivity contribution in [2.75, 3.05) is 4.72 Å². The Kier molecular flexibility index (Phi) is 6.78. The molecular formula is C16H15Cl2N3O2S2. The highest BCUT2D eigenvalue weighted by atomic mass is 35.5.